The number of ether oxygens (including phenoxy) is 2. The van der Waals surface area contributed by atoms with Crippen molar-refractivity contribution in [1.29, 1.82) is 0 Å². The molecule has 0 saturated heterocycles. The van der Waals surface area contributed by atoms with Crippen molar-refractivity contribution in [1.82, 2.24) is 4.98 Å². The number of carbonyl (C=O) groups excluding carboxylic acids is 1. The van der Waals surface area contributed by atoms with Crippen LogP contribution in [-0.2, 0) is 16.1 Å². The molecule has 1 N–H and O–H groups in total. The number of benzene rings is 1. The normalized spacial score (nSPS) is 10.2. The maximum absolute atomic E-state index is 11.3. The zero-order valence-corrected chi connectivity index (χ0v) is 11.5. The summed E-state index contributed by atoms with van der Waals surface area (Å²) in [5.74, 6) is -0.433. The average Bonchev–Trinajstić information content (AvgIpc) is 2.87. The van der Waals surface area contributed by atoms with Gasteiger partial charge in [0.1, 0.15) is 0 Å². The van der Waals surface area contributed by atoms with E-state index in [4.69, 9.17) is 4.74 Å². The summed E-state index contributed by atoms with van der Waals surface area (Å²) in [6.45, 7) is 0.556. The van der Waals surface area contributed by atoms with Gasteiger partial charge in [-0.25, -0.2) is 9.78 Å². The molecular formula is C13H14N2O3S. The van der Waals surface area contributed by atoms with Crippen molar-refractivity contribution in [2.45, 2.75) is 6.61 Å². The summed E-state index contributed by atoms with van der Waals surface area (Å²) in [7, 11) is 2.99. The van der Waals surface area contributed by atoms with Crippen molar-refractivity contribution in [3.05, 3.63) is 40.9 Å². The third-order valence-electron chi connectivity index (χ3n) is 2.39. The quantitative estimate of drug-likeness (QED) is 0.852. The highest BCUT2D eigenvalue weighted by molar-refractivity contribution is 7.14. The summed E-state index contributed by atoms with van der Waals surface area (Å²) < 4.78 is 9.69. The van der Waals surface area contributed by atoms with Gasteiger partial charge in [-0.05, 0) is 17.7 Å². The molecule has 0 spiro atoms. The van der Waals surface area contributed by atoms with Crippen molar-refractivity contribution in [2.75, 3.05) is 19.5 Å². The first-order valence-electron chi connectivity index (χ1n) is 5.61. The fourth-order valence-electron chi connectivity index (χ4n) is 1.56. The van der Waals surface area contributed by atoms with Gasteiger partial charge >= 0.3 is 5.97 Å². The lowest BCUT2D eigenvalue weighted by molar-refractivity contribution is 0.0595. The molecule has 0 unspecified atom stereocenters. The van der Waals surface area contributed by atoms with Crippen LogP contribution in [0, 0.1) is 0 Å². The van der Waals surface area contributed by atoms with Gasteiger partial charge in [-0.15, -0.1) is 11.3 Å². The largest absolute Gasteiger partial charge is 0.464 e. The van der Waals surface area contributed by atoms with Crippen LogP contribution in [-0.4, -0.2) is 25.2 Å². The van der Waals surface area contributed by atoms with E-state index in [0.717, 1.165) is 11.3 Å². The van der Waals surface area contributed by atoms with E-state index in [-0.39, 0.29) is 0 Å². The van der Waals surface area contributed by atoms with Gasteiger partial charge in [0.15, 0.2) is 10.8 Å². The highest BCUT2D eigenvalue weighted by Crippen LogP contribution is 2.22. The number of methoxy groups -OCH3 is 2. The third kappa shape index (κ3) is 3.52. The Morgan fingerprint density at radius 3 is 3.00 bits per heavy atom. The standard InChI is InChI=1S/C13H14N2O3S/c1-17-7-9-4-3-5-10(6-9)14-13-15-11(8-19-13)12(16)18-2/h3-6,8H,7H2,1-2H3,(H,14,15). The fraction of sp³-hybridized carbons (Fsp3) is 0.231. The Bertz CT molecular complexity index is 569. The van der Waals surface area contributed by atoms with E-state index in [0.29, 0.717) is 17.4 Å². The number of esters is 1. The molecular weight excluding hydrogens is 264 g/mol. The van der Waals surface area contributed by atoms with Crippen LogP contribution in [0.3, 0.4) is 0 Å². The number of thiazole rings is 1. The molecule has 0 radical (unpaired) electrons. The van der Waals surface area contributed by atoms with E-state index in [9.17, 15) is 4.79 Å². The predicted molar refractivity (Wildman–Crippen MR) is 73.9 cm³/mol. The molecule has 2 aromatic rings. The summed E-state index contributed by atoms with van der Waals surface area (Å²) in [5, 5.41) is 5.45. The summed E-state index contributed by atoms with van der Waals surface area (Å²) in [4.78, 5) is 15.4. The van der Waals surface area contributed by atoms with Gasteiger partial charge in [0.2, 0.25) is 0 Å². The van der Waals surface area contributed by atoms with E-state index >= 15 is 0 Å². The molecule has 1 aromatic carbocycles. The predicted octanol–water partition coefficient (Wildman–Crippen LogP) is 2.82. The monoisotopic (exact) mass is 278 g/mol. The summed E-state index contributed by atoms with van der Waals surface area (Å²) >= 11 is 1.35. The molecule has 0 bridgehead atoms. The van der Waals surface area contributed by atoms with Crippen LogP contribution in [0.2, 0.25) is 0 Å². The Morgan fingerprint density at radius 2 is 2.26 bits per heavy atom. The Hall–Kier alpha value is -1.92. The molecule has 0 aliphatic rings. The Morgan fingerprint density at radius 1 is 1.42 bits per heavy atom. The minimum Gasteiger partial charge on any atom is -0.464 e. The van der Waals surface area contributed by atoms with Crippen LogP contribution < -0.4 is 5.32 Å². The lowest BCUT2D eigenvalue weighted by atomic mass is 10.2. The molecule has 0 saturated carbocycles. The van der Waals surface area contributed by atoms with Gasteiger partial charge in [0.05, 0.1) is 13.7 Å². The maximum atomic E-state index is 11.3. The molecule has 0 amide bonds. The fourth-order valence-corrected chi connectivity index (χ4v) is 2.26. The second kappa shape index (κ2) is 6.31. The number of hydrogen-bond acceptors (Lipinski definition) is 6. The highest BCUT2D eigenvalue weighted by Gasteiger charge is 2.10. The van der Waals surface area contributed by atoms with Crippen LogP contribution in [0.25, 0.3) is 0 Å². The van der Waals surface area contributed by atoms with Crippen LogP contribution in [0.5, 0.6) is 0 Å². The number of rotatable bonds is 5. The van der Waals surface area contributed by atoms with E-state index in [1.54, 1.807) is 12.5 Å². The van der Waals surface area contributed by atoms with Gasteiger partial charge in [0.25, 0.3) is 0 Å². The van der Waals surface area contributed by atoms with Crippen molar-refractivity contribution >= 4 is 28.1 Å². The molecule has 0 aliphatic heterocycles. The number of carbonyl (C=O) groups is 1. The molecule has 2 rings (SSSR count). The van der Waals surface area contributed by atoms with Crippen LogP contribution >= 0.6 is 11.3 Å². The molecule has 0 aliphatic carbocycles. The Labute approximate surface area is 115 Å². The third-order valence-corrected chi connectivity index (χ3v) is 3.15. The Balaban J connectivity index is 2.10. The molecule has 1 heterocycles. The smallest absolute Gasteiger partial charge is 0.357 e. The van der Waals surface area contributed by atoms with Gasteiger partial charge in [-0.1, -0.05) is 12.1 Å². The van der Waals surface area contributed by atoms with Crippen molar-refractivity contribution in [3.63, 3.8) is 0 Å². The van der Waals surface area contributed by atoms with Crippen molar-refractivity contribution < 1.29 is 14.3 Å². The SMILES string of the molecule is COCc1cccc(Nc2nc(C(=O)OC)cs2)c1. The molecule has 1 aromatic heterocycles. The summed E-state index contributed by atoms with van der Waals surface area (Å²) in [6.07, 6.45) is 0. The Kier molecular flexibility index (Phi) is 4.48. The number of hydrogen-bond donors (Lipinski definition) is 1. The second-order valence-electron chi connectivity index (χ2n) is 3.79. The number of anilines is 2. The molecule has 19 heavy (non-hydrogen) atoms. The van der Waals surface area contributed by atoms with Crippen LogP contribution in [0.15, 0.2) is 29.6 Å². The first-order chi connectivity index (χ1) is 9.22. The van der Waals surface area contributed by atoms with Gasteiger partial charge < -0.3 is 14.8 Å². The number of nitrogens with zero attached hydrogens (tertiary/aromatic N) is 1. The van der Waals surface area contributed by atoms with E-state index in [2.05, 4.69) is 15.0 Å². The maximum Gasteiger partial charge on any atom is 0.357 e. The lowest BCUT2D eigenvalue weighted by Crippen LogP contribution is -2.01. The highest BCUT2D eigenvalue weighted by atomic mass is 32.1. The van der Waals surface area contributed by atoms with Crippen molar-refractivity contribution in [2.24, 2.45) is 0 Å². The zero-order valence-electron chi connectivity index (χ0n) is 10.7. The second-order valence-corrected chi connectivity index (χ2v) is 4.65. The molecule has 0 fully saturated rings. The van der Waals surface area contributed by atoms with Gasteiger partial charge in [0, 0.05) is 18.2 Å². The number of aromatic nitrogens is 1. The van der Waals surface area contributed by atoms with E-state index in [1.165, 1.54) is 18.4 Å². The van der Waals surface area contributed by atoms with Gasteiger partial charge in [-0.3, -0.25) is 0 Å². The minimum atomic E-state index is -0.433. The molecule has 5 nitrogen and oxygen atoms in total. The van der Waals surface area contributed by atoms with E-state index < -0.39 is 5.97 Å². The molecule has 0 atom stereocenters. The van der Waals surface area contributed by atoms with Crippen LogP contribution in [0.4, 0.5) is 10.8 Å². The topological polar surface area (TPSA) is 60.5 Å². The minimum absolute atomic E-state index is 0.308. The lowest BCUT2D eigenvalue weighted by Gasteiger charge is -2.05. The van der Waals surface area contributed by atoms with Crippen LogP contribution in [0.1, 0.15) is 16.1 Å². The first-order valence-corrected chi connectivity index (χ1v) is 6.49. The molecule has 100 valence electrons. The number of nitrogens with one attached hydrogen (secondary N) is 1. The first kappa shape index (κ1) is 13.5. The van der Waals surface area contributed by atoms with Crippen molar-refractivity contribution in [3.8, 4) is 0 Å². The molecule has 6 heteroatoms. The zero-order chi connectivity index (χ0) is 13.7. The van der Waals surface area contributed by atoms with E-state index in [1.807, 2.05) is 24.3 Å². The summed E-state index contributed by atoms with van der Waals surface area (Å²) in [6, 6.07) is 7.82. The van der Waals surface area contributed by atoms with Gasteiger partial charge in [-0.2, -0.15) is 0 Å². The summed E-state index contributed by atoms with van der Waals surface area (Å²) in [5.41, 5.74) is 2.28. The average molecular weight is 278 g/mol.